The minimum absolute atomic E-state index is 0.186. The molecule has 3 aromatic heterocycles. The Hall–Kier alpha value is -9.39. The van der Waals surface area contributed by atoms with Crippen LogP contribution in [0.1, 0.15) is 61.6 Å². The van der Waals surface area contributed by atoms with Crippen LogP contribution < -0.4 is 0 Å². The first kappa shape index (κ1) is 47.6. The molecule has 0 unspecified atom stereocenters. The van der Waals surface area contributed by atoms with Crippen molar-refractivity contribution in [3.05, 3.63) is 146 Å². The van der Waals surface area contributed by atoms with Gasteiger partial charge in [0.15, 0.2) is 0 Å². The molecule has 7 rings (SSSR count). The largest absolute Gasteiger partial charge is 0.463 e. The number of benzene rings is 4. The van der Waals surface area contributed by atoms with Crippen molar-refractivity contribution in [3.8, 4) is 104 Å². The average Bonchev–Trinajstić information content (AvgIpc) is 4.19. The average molecular weight is 919 g/mol. The van der Waals surface area contributed by atoms with Crippen LogP contribution in [0.15, 0.2) is 143 Å². The summed E-state index contributed by atoms with van der Waals surface area (Å²) >= 11 is 0. The SMILES string of the molecule is C=COC(=O)CCCC#Cc1cccc(-c2noc(-c3cc(-c4nc(-c5cccc(C#CCCCOC(=O)C=C)c5)no4)cc(-c4nc(-c5cccc(C#CCCCOC(=O)C=C)c5)no4)c3)n2)c1. The van der Waals surface area contributed by atoms with E-state index in [0.29, 0.717) is 89.4 Å². The smallest absolute Gasteiger partial charge is 0.330 e. The highest BCUT2D eigenvalue weighted by Crippen LogP contribution is 2.34. The Morgan fingerprint density at radius 3 is 1.25 bits per heavy atom. The summed E-state index contributed by atoms with van der Waals surface area (Å²) in [6.07, 6.45) is 6.90. The molecule has 0 atom stereocenters. The monoisotopic (exact) mass is 918 g/mol. The highest BCUT2D eigenvalue weighted by Gasteiger charge is 2.20. The molecule has 7 aromatic rings. The van der Waals surface area contributed by atoms with E-state index in [2.05, 4.69) is 70.7 Å². The maximum Gasteiger partial charge on any atom is 0.330 e. The van der Waals surface area contributed by atoms with Crippen molar-refractivity contribution < 1.29 is 42.2 Å². The number of aromatic nitrogens is 6. The molecular weight excluding hydrogens is 877 g/mol. The Balaban J connectivity index is 1.15. The van der Waals surface area contributed by atoms with Gasteiger partial charge in [-0.15, -0.1) is 0 Å². The van der Waals surface area contributed by atoms with E-state index in [9.17, 15) is 14.4 Å². The molecule has 0 bridgehead atoms. The Bertz CT molecular complexity index is 3050. The van der Waals surface area contributed by atoms with Gasteiger partial charge in [0.25, 0.3) is 17.7 Å². The van der Waals surface area contributed by atoms with Gasteiger partial charge < -0.3 is 27.8 Å². The lowest BCUT2D eigenvalue weighted by Crippen LogP contribution is -2.01. The maximum atomic E-state index is 11.6. The number of carbonyl (C=O) groups is 3. The van der Waals surface area contributed by atoms with Gasteiger partial charge in [0.05, 0.1) is 19.5 Å². The first-order chi connectivity index (χ1) is 33.8. The second-order valence-corrected chi connectivity index (χ2v) is 14.7. The summed E-state index contributed by atoms with van der Waals surface area (Å²) in [4.78, 5) is 48.4. The third kappa shape index (κ3) is 13.8. The molecule has 4 aromatic carbocycles. The van der Waals surface area contributed by atoms with Crippen molar-refractivity contribution in [1.29, 1.82) is 0 Å². The third-order valence-corrected chi connectivity index (χ3v) is 9.62. The Labute approximate surface area is 397 Å². The zero-order valence-electron chi connectivity index (χ0n) is 37.2. The van der Waals surface area contributed by atoms with E-state index >= 15 is 0 Å². The lowest BCUT2D eigenvalue weighted by molar-refractivity contribution is -0.138. The summed E-state index contributed by atoms with van der Waals surface area (Å²) in [7, 11) is 0. The summed E-state index contributed by atoms with van der Waals surface area (Å²) < 4.78 is 32.3. The van der Waals surface area contributed by atoms with E-state index in [4.69, 9.17) is 42.7 Å². The van der Waals surface area contributed by atoms with Crippen LogP contribution in [0.3, 0.4) is 0 Å². The van der Waals surface area contributed by atoms with E-state index in [0.717, 1.165) is 35.1 Å². The van der Waals surface area contributed by atoms with Gasteiger partial charge >= 0.3 is 17.9 Å². The fourth-order valence-electron chi connectivity index (χ4n) is 6.33. The molecule has 0 saturated heterocycles. The highest BCUT2D eigenvalue weighted by atomic mass is 16.5. The minimum Gasteiger partial charge on any atom is -0.463 e. The van der Waals surface area contributed by atoms with E-state index in [1.54, 1.807) is 18.2 Å². The van der Waals surface area contributed by atoms with Crippen molar-refractivity contribution >= 4 is 17.9 Å². The molecule has 0 aliphatic heterocycles. The van der Waals surface area contributed by atoms with Gasteiger partial charge in [-0.2, -0.15) is 15.0 Å². The lowest BCUT2D eigenvalue weighted by atomic mass is 10.0. The van der Waals surface area contributed by atoms with Crippen LogP contribution in [0.25, 0.3) is 68.5 Å². The normalized spacial score (nSPS) is 10.3. The van der Waals surface area contributed by atoms with Crippen molar-refractivity contribution in [2.45, 2.75) is 44.9 Å². The lowest BCUT2D eigenvalue weighted by Gasteiger charge is -2.02. The van der Waals surface area contributed by atoms with E-state index in [1.165, 1.54) is 0 Å². The van der Waals surface area contributed by atoms with Gasteiger partial charge in [-0.25, -0.2) is 9.59 Å². The standard InChI is InChI=1S/C54H42N6O9/c1-4-46(61)65-29-14-8-11-20-38-23-17-26-41(32-38)50-56-53(68-59-50)44-34-43(52-55-49(58-67-52)40-25-16-22-37(31-40)19-10-7-13-28-48(63)64-6-3)35-45(36-44)54-57-51(60-69-54)42-27-18-24-39(33-42)21-12-9-15-30-66-47(62)5-2/h4-6,16-18,22-27,31-36H,1-3,7-9,13-15,28-30H2. The number of rotatable bonds is 18. The van der Waals surface area contributed by atoms with Crippen LogP contribution >= 0.6 is 0 Å². The number of nitrogens with zero attached hydrogens (tertiary/aromatic N) is 6. The Morgan fingerprint density at radius 2 is 0.884 bits per heavy atom. The van der Waals surface area contributed by atoms with Gasteiger partial charge in [-0.3, -0.25) is 4.79 Å². The molecule has 69 heavy (non-hydrogen) atoms. The summed E-state index contributed by atoms with van der Waals surface area (Å²) in [6, 6.07) is 27.6. The number of hydrogen-bond acceptors (Lipinski definition) is 15. The van der Waals surface area contributed by atoms with Crippen LogP contribution in [0.5, 0.6) is 0 Å². The van der Waals surface area contributed by atoms with Gasteiger partial charge in [0.1, 0.15) is 0 Å². The first-order valence-electron chi connectivity index (χ1n) is 21.6. The van der Waals surface area contributed by atoms with Crippen LogP contribution in [0.4, 0.5) is 0 Å². The Kier molecular flexibility index (Phi) is 16.7. The molecule has 0 saturated carbocycles. The molecule has 0 fully saturated rings. The van der Waals surface area contributed by atoms with Crippen LogP contribution in [-0.4, -0.2) is 61.5 Å². The predicted octanol–water partition coefficient (Wildman–Crippen LogP) is 9.77. The fourth-order valence-corrected chi connectivity index (χ4v) is 6.33. The molecule has 0 amide bonds. The number of ether oxygens (including phenoxy) is 3. The van der Waals surface area contributed by atoms with E-state index in [1.807, 2.05) is 72.8 Å². The fraction of sp³-hybridized carbons (Fsp3) is 0.167. The summed E-state index contributed by atoms with van der Waals surface area (Å²) in [6.45, 7) is 10.7. The predicted molar refractivity (Wildman–Crippen MR) is 254 cm³/mol. The van der Waals surface area contributed by atoms with Gasteiger partial charge in [-0.1, -0.05) is 107 Å². The quantitative estimate of drug-likeness (QED) is 0.0197. The molecule has 0 radical (unpaired) electrons. The second-order valence-electron chi connectivity index (χ2n) is 14.7. The van der Waals surface area contributed by atoms with Gasteiger partial charge in [-0.05, 0) is 73.9 Å². The molecule has 0 aliphatic carbocycles. The Morgan fingerprint density at radius 1 is 0.507 bits per heavy atom. The first-order valence-corrected chi connectivity index (χ1v) is 21.6. The zero-order valence-corrected chi connectivity index (χ0v) is 37.2. The molecule has 15 nitrogen and oxygen atoms in total. The topological polar surface area (TPSA) is 196 Å². The summed E-state index contributed by atoms with van der Waals surface area (Å²) in [5, 5.41) is 12.9. The number of carbonyl (C=O) groups excluding carboxylic acids is 3. The molecule has 15 heteroatoms. The molecular formula is C54H42N6O9. The molecule has 342 valence electrons. The van der Waals surface area contributed by atoms with Crippen LogP contribution in [0.2, 0.25) is 0 Å². The number of hydrogen-bond donors (Lipinski definition) is 0. The number of esters is 3. The van der Waals surface area contributed by atoms with Crippen molar-refractivity contribution in [2.24, 2.45) is 0 Å². The van der Waals surface area contributed by atoms with E-state index < -0.39 is 11.9 Å². The number of unbranched alkanes of at least 4 members (excludes halogenated alkanes) is 3. The summed E-state index contributed by atoms with van der Waals surface area (Å²) in [5.41, 5.74) is 5.75. The van der Waals surface area contributed by atoms with Gasteiger partial charge in [0, 0.05) is 87.9 Å². The molecule has 0 aliphatic rings. The van der Waals surface area contributed by atoms with Crippen molar-refractivity contribution in [2.75, 3.05) is 13.2 Å². The summed E-state index contributed by atoms with van der Waals surface area (Å²) in [5.74, 6) is 18.9. The van der Waals surface area contributed by atoms with Gasteiger partial charge in [0.2, 0.25) is 17.5 Å². The zero-order chi connectivity index (χ0) is 48.2. The van der Waals surface area contributed by atoms with Crippen LogP contribution in [0, 0.1) is 35.5 Å². The third-order valence-electron chi connectivity index (χ3n) is 9.62. The maximum absolute atomic E-state index is 11.6. The molecule has 3 heterocycles. The van der Waals surface area contributed by atoms with E-state index in [-0.39, 0.29) is 43.3 Å². The van der Waals surface area contributed by atoms with Crippen LogP contribution in [-0.2, 0) is 28.6 Å². The van der Waals surface area contributed by atoms with Crippen molar-refractivity contribution in [1.82, 2.24) is 30.4 Å². The highest BCUT2D eigenvalue weighted by molar-refractivity contribution is 5.81. The van der Waals surface area contributed by atoms with Crippen molar-refractivity contribution in [3.63, 3.8) is 0 Å². The second kappa shape index (κ2) is 24.2. The molecule has 0 N–H and O–H groups in total. The molecule has 0 spiro atoms. The minimum atomic E-state index is -0.466.